The lowest BCUT2D eigenvalue weighted by molar-refractivity contribution is -0.0571. The predicted molar refractivity (Wildman–Crippen MR) is 116 cm³/mol. The number of ether oxygens (including phenoxy) is 2. The molecular formula is C15H22N3O14P3. The lowest BCUT2D eigenvalue weighted by Crippen LogP contribution is -2.33. The van der Waals surface area contributed by atoms with Crippen LogP contribution in [0.15, 0.2) is 28.4 Å². The Bertz CT molecular complexity index is 1240. The van der Waals surface area contributed by atoms with Gasteiger partial charge in [-0.1, -0.05) is 17.9 Å². The molecule has 0 spiro atoms. The van der Waals surface area contributed by atoms with Gasteiger partial charge in [-0.2, -0.15) is 8.62 Å². The molecular weight excluding hydrogens is 539 g/mol. The van der Waals surface area contributed by atoms with Gasteiger partial charge in [0.2, 0.25) is 0 Å². The summed E-state index contributed by atoms with van der Waals surface area (Å²) in [7, 11) is -16.7. The van der Waals surface area contributed by atoms with E-state index >= 15 is 0 Å². The zero-order valence-corrected chi connectivity index (χ0v) is 20.3. The van der Waals surface area contributed by atoms with E-state index in [1.165, 1.54) is 6.08 Å². The second-order valence-corrected chi connectivity index (χ2v) is 11.0. The molecule has 0 radical (unpaired) electrons. The van der Waals surface area contributed by atoms with Gasteiger partial charge < -0.3 is 34.8 Å². The van der Waals surface area contributed by atoms with E-state index in [2.05, 4.69) is 36.5 Å². The Kier molecular flexibility index (Phi) is 10.1. The van der Waals surface area contributed by atoms with Gasteiger partial charge in [0.05, 0.1) is 25.9 Å². The van der Waals surface area contributed by atoms with Crippen molar-refractivity contribution >= 4 is 23.5 Å². The maximum atomic E-state index is 12.3. The topological polar surface area (TPSA) is 259 Å². The fourth-order valence-electron chi connectivity index (χ4n) is 2.79. The van der Waals surface area contributed by atoms with Crippen LogP contribution in [-0.4, -0.2) is 61.1 Å². The first-order valence-corrected chi connectivity index (χ1v) is 13.9. The van der Waals surface area contributed by atoms with Crippen LogP contribution in [0.1, 0.15) is 18.2 Å². The Balaban J connectivity index is 2.20. The molecule has 17 nitrogen and oxygen atoms in total. The Morgan fingerprint density at radius 2 is 1.91 bits per heavy atom. The van der Waals surface area contributed by atoms with Crippen molar-refractivity contribution in [2.45, 2.75) is 24.9 Å². The third kappa shape index (κ3) is 9.34. The van der Waals surface area contributed by atoms with E-state index in [1.54, 1.807) is 0 Å². The van der Waals surface area contributed by atoms with Gasteiger partial charge in [-0.25, -0.2) is 18.5 Å². The maximum Gasteiger partial charge on any atom is 0.490 e. The number of aromatic amines is 1. The molecule has 0 amide bonds. The molecule has 1 fully saturated rings. The molecule has 20 heteroatoms. The summed E-state index contributed by atoms with van der Waals surface area (Å²) in [6.07, 6.45) is -0.607. The smallest absolute Gasteiger partial charge is 0.371 e. The zero-order valence-electron chi connectivity index (χ0n) is 17.7. The molecule has 7 N–H and O–H groups in total. The highest BCUT2D eigenvalue weighted by Crippen LogP contribution is 2.66. The van der Waals surface area contributed by atoms with Crippen LogP contribution in [0, 0.1) is 11.8 Å². The third-order valence-electron chi connectivity index (χ3n) is 4.03. The minimum atomic E-state index is -5.70. The largest absolute Gasteiger partial charge is 0.490 e. The normalized spacial score (nSPS) is 23.6. The van der Waals surface area contributed by atoms with Crippen molar-refractivity contribution in [1.29, 1.82) is 0 Å². The van der Waals surface area contributed by atoms with Crippen LogP contribution in [0.2, 0.25) is 0 Å². The number of H-pyrrole nitrogens is 1. The molecule has 196 valence electrons. The lowest BCUT2D eigenvalue weighted by Gasteiger charge is -2.21. The van der Waals surface area contributed by atoms with Gasteiger partial charge in [0.1, 0.15) is 17.9 Å². The molecule has 1 aliphatic heterocycles. The molecule has 0 bridgehead atoms. The number of aromatic nitrogens is 2. The summed E-state index contributed by atoms with van der Waals surface area (Å²) in [6.45, 7) is 2.64. The Hall–Kier alpha value is -1.73. The van der Waals surface area contributed by atoms with E-state index in [-0.39, 0.29) is 25.1 Å². The summed E-state index contributed by atoms with van der Waals surface area (Å²) in [5, 5.41) is 0. The summed E-state index contributed by atoms with van der Waals surface area (Å²) in [6, 6.07) is 0. The van der Waals surface area contributed by atoms with Crippen molar-refractivity contribution in [1.82, 2.24) is 9.55 Å². The highest BCUT2D eigenvalue weighted by Gasteiger charge is 2.43. The highest BCUT2D eigenvalue weighted by atomic mass is 31.3. The first-order valence-electron chi connectivity index (χ1n) is 9.37. The van der Waals surface area contributed by atoms with E-state index in [0.717, 1.165) is 10.8 Å². The Morgan fingerprint density at radius 1 is 1.23 bits per heavy atom. The number of phosphoric acid groups is 3. The van der Waals surface area contributed by atoms with E-state index in [4.69, 9.17) is 25.0 Å². The van der Waals surface area contributed by atoms with Crippen LogP contribution in [0.5, 0.6) is 0 Å². The van der Waals surface area contributed by atoms with Crippen LogP contribution in [-0.2, 0) is 36.3 Å². The van der Waals surface area contributed by atoms with Gasteiger partial charge in [0.15, 0.2) is 0 Å². The molecule has 5 atom stereocenters. The number of nitrogens with one attached hydrogen (secondary N) is 1. The van der Waals surface area contributed by atoms with Crippen LogP contribution in [0.3, 0.4) is 0 Å². The summed E-state index contributed by atoms with van der Waals surface area (Å²) in [5.74, 6) is 4.96. The molecule has 35 heavy (non-hydrogen) atoms. The summed E-state index contributed by atoms with van der Waals surface area (Å²) < 4.78 is 58.2. The van der Waals surface area contributed by atoms with E-state index in [0.29, 0.717) is 0 Å². The molecule has 1 aliphatic rings. The number of rotatable bonds is 11. The molecule has 0 aromatic carbocycles. The lowest BCUT2D eigenvalue weighted by atomic mass is 10.2. The van der Waals surface area contributed by atoms with Crippen molar-refractivity contribution in [2.75, 3.05) is 19.8 Å². The first kappa shape index (κ1) is 29.5. The van der Waals surface area contributed by atoms with Crippen molar-refractivity contribution in [3.8, 4) is 11.8 Å². The van der Waals surface area contributed by atoms with Crippen molar-refractivity contribution < 1.29 is 55.9 Å². The fraction of sp³-hybridized carbons (Fsp3) is 0.467. The number of nitrogens with zero attached hydrogens (tertiary/aromatic N) is 1. The SMILES string of the molecule is C=CCO[C@@H]1C[C@H](n2cc(C#CCN)c(=O)[nH]c2=O)O[C@@H]1COP(=O)(O)OP(=O)(O)OP(=O)(O)O. The van der Waals surface area contributed by atoms with Crippen molar-refractivity contribution in [3.05, 3.63) is 45.3 Å². The number of hydrogen-bond donors (Lipinski definition) is 6. The Labute approximate surface area is 196 Å². The second kappa shape index (κ2) is 12.0. The van der Waals surface area contributed by atoms with Gasteiger partial charge in [-0.05, 0) is 0 Å². The van der Waals surface area contributed by atoms with Crippen LogP contribution < -0.4 is 17.0 Å². The van der Waals surface area contributed by atoms with E-state index < -0.39 is 59.8 Å². The van der Waals surface area contributed by atoms with Crippen molar-refractivity contribution in [3.63, 3.8) is 0 Å². The summed E-state index contributed by atoms with van der Waals surface area (Å²) in [5.41, 5.74) is 3.59. The van der Waals surface area contributed by atoms with E-state index in [1.807, 2.05) is 0 Å². The van der Waals surface area contributed by atoms with Gasteiger partial charge in [0.25, 0.3) is 5.56 Å². The number of hydrogen-bond acceptors (Lipinski definition) is 11. The molecule has 0 aliphatic carbocycles. The van der Waals surface area contributed by atoms with Crippen LogP contribution >= 0.6 is 23.5 Å². The first-order chi connectivity index (χ1) is 16.2. The summed E-state index contributed by atoms with van der Waals surface area (Å²) >= 11 is 0. The second-order valence-electron chi connectivity index (χ2n) is 6.63. The minimum Gasteiger partial charge on any atom is -0.371 e. The van der Waals surface area contributed by atoms with Crippen molar-refractivity contribution in [2.24, 2.45) is 5.73 Å². The summed E-state index contributed by atoms with van der Waals surface area (Å²) in [4.78, 5) is 62.3. The standard InChI is InChI=1S/C15H22N3O14P3/c1-2-6-28-11-7-13(18-8-10(4-3-5-16)14(19)17-15(18)20)30-12(11)9-29-34(24,25)32-35(26,27)31-33(21,22)23/h2,8,11-13H,1,5-7,9,16H2,(H,24,25)(H,26,27)(H,17,19,20)(H2,21,22,23)/t11-,12-,13-/m1/s1. The Morgan fingerprint density at radius 3 is 2.51 bits per heavy atom. The number of phosphoric ester groups is 1. The predicted octanol–water partition coefficient (Wildman–Crippen LogP) is -0.951. The average molecular weight is 561 g/mol. The van der Waals surface area contributed by atoms with Gasteiger partial charge in [0, 0.05) is 12.6 Å². The van der Waals surface area contributed by atoms with Crippen LogP contribution in [0.25, 0.3) is 0 Å². The maximum absolute atomic E-state index is 12.3. The molecule has 0 saturated carbocycles. The average Bonchev–Trinajstić information content (AvgIpc) is 3.10. The molecule has 1 saturated heterocycles. The quantitative estimate of drug-likeness (QED) is 0.108. The van der Waals surface area contributed by atoms with Crippen LogP contribution in [0.4, 0.5) is 0 Å². The molecule has 2 unspecified atom stereocenters. The molecule has 1 aromatic rings. The minimum absolute atomic E-state index is 0.000245. The fourth-order valence-corrected chi connectivity index (χ4v) is 5.82. The highest BCUT2D eigenvalue weighted by molar-refractivity contribution is 7.66. The monoisotopic (exact) mass is 561 g/mol. The third-order valence-corrected chi connectivity index (χ3v) is 7.83. The molecule has 2 heterocycles. The molecule has 1 aromatic heterocycles. The van der Waals surface area contributed by atoms with Gasteiger partial charge in [-0.3, -0.25) is 18.9 Å². The van der Waals surface area contributed by atoms with Gasteiger partial charge in [-0.15, -0.1) is 6.58 Å². The number of nitrogens with two attached hydrogens (primary N) is 1. The molecule has 2 rings (SSSR count). The zero-order chi connectivity index (χ0) is 26.4. The van der Waals surface area contributed by atoms with Gasteiger partial charge >= 0.3 is 29.2 Å². The van der Waals surface area contributed by atoms with E-state index in [9.17, 15) is 33.1 Å².